The van der Waals surface area contributed by atoms with Crippen molar-refractivity contribution in [3.05, 3.63) is 29.8 Å². The van der Waals surface area contributed by atoms with Crippen LogP contribution >= 0.6 is 0 Å². The lowest BCUT2D eigenvalue weighted by atomic mass is 10.2. The van der Waals surface area contributed by atoms with Crippen molar-refractivity contribution < 1.29 is 23.1 Å². The molecule has 0 fully saturated rings. The van der Waals surface area contributed by atoms with E-state index < -0.39 is 28.4 Å². The fourth-order valence-corrected chi connectivity index (χ4v) is 3.44. The van der Waals surface area contributed by atoms with Gasteiger partial charge in [0.05, 0.1) is 4.90 Å². The van der Waals surface area contributed by atoms with E-state index in [0.29, 0.717) is 5.56 Å². The molecule has 1 heterocycles. The third-order valence-electron chi connectivity index (χ3n) is 3.28. The number of hydrogen-bond acceptors (Lipinski definition) is 5. The highest BCUT2D eigenvalue weighted by Crippen LogP contribution is 2.22. The number of carboxylic acids is 1. The molecule has 1 amide bonds. The Balaban J connectivity index is 2.21. The van der Waals surface area contributed by atoms with E-state index in [9.17, 15) is 18.0 Å². The molecule has 124 valence electrons. The highest BCUT2D eigenvalue weighted by molar-refractivity contribution is 7.90. The molecule has 0 unspecified atom stereocenters. The fourth-order valence-electron chi connectivity index (χ4n) is 2.19. The first kappa shape index (κ1) is 16.9. The average Bonchev–Trinajstić information content (AvgIpc) is 2.73. The van der Waals surface area contributed by atoms with Crippen molar-refractivity contribution in [2.45, 2.75) is 24.8 Å². The maximum Gasteiger partial charge on any atom is 0.323 e. The first-order valence-corrected chi connectivity index (χ1v) is 8.38. The Morgan fingerprint density at radius 3 is 2.57 bits per heavy atom. The van der Waals surface area contributed by atoms with Crippen molar-refractivity contribution in [2.24, 2.45) is 4.99 Å². The van der Waals surface area contributed by atoms with E-state index in [-0.39, 0.29) is 23.3 Å². The van der Waals surface area contributed by atoms with Crippen molar-refractivity contribution >= 4 is 27.7 Å². The predicted molar refractivity (Wildman–Crippen MR) is 82.7 cm³/mol. The van der Waals surface area contributed by atoms with Crippen molar-refractivity contribution in [2.75, 3.05) is 13.1 Å². The van der Waals surface area contributed by atoms with Crippen molar-refractivity contribution in [1.29, 1.82) is 0 Å². The van der Waals surface area contributed by atoms with Crippen LogP contribution in [0.15, 0.2) is 34.2 Å². The molecule has 2 rings (SSSR count). The summed E-state index contributed by atoms with van der Waals surface area (Å²) in [5.74, 6) is -1.52. The Hall–Kier alpha value is -2.42. The van der Waals surface area contributed by atoms with E-state index in [2.05, 4.69) is 9.71 Å². The zero-order chi connectivity index (χ0) is 17.2. The molecule has 2 N–H and O–H groups in total. The zero-order valence-corrected chi connectivity index (χ0v) is 13.5. The second kappa shape index (κ2) is 6.37. The first-order valence-electron chi connectivity index (χ1n) is 6.90. The van der Waals surface area contributed by atoms with E-state index in [1.54, 1.807) is 32.0 Å². The molecule has 1 aromatic carbocycles. The summed E-state index contributed by atoms with van der Waals surface area (Å²) in [6.07, 6.45) is 0. The van der Waals surface area contributed by atoms with Crippen LogP contribution in [0.3, 0.4) is 0 Å². The van der Waals surface area contributed by atoms with Gasteiger partial charge in [0.25, 0.3) is 10.0 Å². The van der Waals surface area contributed by atoms with Crippen LogP contribution in [-0.4, -0.2) is 55.3 Å². The predicted octanol–water partition coefficient (Wildman–Crippen LogP) is 0.0467. The van der Waals surface area contributed by atoms with Crippen molar-refractivity contribution in [3.63, 3.8) is 0 Å². The number of carbonyl (C=O) groups is 2. The van der Waals surface area contributed by atoms with Gasteiger partial charge in [0.2, 0.25) is 5.91 Å². The largest absolute Gasteiger partial charge is 0.480 e. The molecule has 0 saturated heterocycles. The van der Waals surface area contributed by atoms with Crippen LogP contribution in [0, 0.1) is 0 Å². The van der Waals surface area contributed by atoms with E-state index in [1.165, 1.54) is 11.0 Å². The highest BCUT2D eigenvalue weighted by atomic mass is 32.2. The Morgan fingerprint density at radius 1 is 1.30 bits per heavy atom. The summed E-state index contributed by atoms with van der Waals surface area (Å²) < 4.78 is 26.2. The van der Waals surface area contributed by atoms with Gasteiger partial charge >= 0.3 is 5.97 Å². The molecular formula is C14H17N3O5S. The molecule has 8 nitrogen and oxygen atoms in total. The van der Waals surface area contributed by atoms with Gasteiger partial charge in [0.1, 0.15) is 18.9 Å². The summed E-state index contributed by atoms with van der Waals surface area (Å²) in [5.41, 5.74) is 0.398. The van der Waals surface area contributed by atoms with Gasteiger partial charge in [-0.3, -0.25) is 19.3 Å². The number of amides is 1. The third kappa shape index (κ3) is 3.67. The minimum atomic E-state index is -3.66. The maximum absolute atomic E-state index is 12.1. The molecule has 0 aromatic heterocycles. The summed E-state index contributed by atoms with van der Waals surface area (Å²) in [7, 11) is -3.66. The number of carbonyl (C=O) groups excluding carboxylic acids is 1. The van der Waals surface area contributed by atoms with Gasteiger partial charge in [-0.1, -0.05) is 12.1 Å². The first-order chi connectivity index (χ1) is 10.7. The molecule has 0 bridgehead atoms. The van der Waals surface area contributed by atoms with E-state index in [0.717, 1.165) is 0 Å². The lowest BCUT2D eigenvalue weighted by molar-refractivity contribution is -0.145. The Bertz CT molecular complexity index is 770. The molecule has 0 atom stereocenters. The van der Waals surface area contributed by atoms with Crippen molar-refractivity contribution in [1.82, 2.24) is 9.62 Å². The molecule has 9 heteroatoms. The Morgan fingerprint density at radius 2 is 1.96 bits per heavy atom. The summed E-state index contributed by atoms with van der Waals surface area (Å²) in [6, 6.07) is 6.01. The number of benzene rings is 1. The number of nitrogens with one attached hydrogen (secondary N) is 1. The summed E-state index contributed by atoms with van der Waals surface area (Å²) in [5, 5.41) is 8.84. The molecule has 1 aliphatic rings. The minimum Gasteiger partial charge on any atom is -0.480 e. The summed E-state index contributed by atoms with van der Waals surface area (Å²) in [6.45, 7) is 2.63. The van der Waals surface area contributed by atoms with Gasteiger partial charge in [0, 0.05) is 11.6 Å². The number of amidine groups is 1. The fraction of sp³-hybridized carbons (Fsp3) is 0.357. The van der Waals surface area contributed by atoms with Gasteiger partial charge in [0.15, 0.2) is 0 Å². The second-order valence-electron chi connectivity index (χ2n) is 5.28. The topological polar surface area (TPSA) is 116 Å². The average molecular weight is 339 g/mol. The molecule has 0 radical (unpaired) electrons. The molecule has 1 aromatic rings. The number of carboxylic acid groups (broad SMARTS) is 1. The van der Waals surface area contributed by atoms with Gasteiger partial charge < -0.3 is 10.0 Å². The summed E-state index contributed by atoms with van der Waals surface area (Å²) in [4.78, 5) is 28.2. The van der Waals surface area contributed by atoms with E-state index in [4.69, 9.17) is 5.11 Å². The van der Waals surface area contributed by atoms with Crippen LogP contribution in [0.4, 0.5) is 0 Å². The number of nitrogens with zero attached hydrogens (tertiary/aromatic N) is 2. The minimum absolute atomic E-state index is 0.0907. The second-order valence-corrected chi connectivity index (χ2v) is 6.93. The standard InChI is InChI=1S/C14H17N3O5S/c1-9(2)17(8-13(19)20)12(18)7-15-14-10-5-3-4-6-11(10)23(21,22)16-14/h3-6,9H,7-8H2,1-2H3,(H,15,16)(H,19,20). The van der Waals surface area contributed by atoms with Crippen LogP contribution in [0.25, 0.3) is 0 Å². The molecule has 1 aliphatic heterocycles. The molecular weight excluding hydrogens is 322 g/mol. The molecule has 0 spiro atoms. The quantitative estimate of drug-likeness (QED) is 0.786. The monoisotopic (exact) mass is 339 g/mol. The van der Waals surface area contributed by atoms with Crippen LogP contribution in [0.1, 0.15) is 19.4 Å². The van der Waals surface area contributed by atoms with Crippen molar-refractivity contribution in [3.8, 4) is 0 Å². The van der Waals surface area contributed by atoms with Gasteiger partial charge in [-0.2, -0.15) is 0 Å². The number of fused-ring (bicyclic) bond motifs is 1. The number of hydrogen-bond donors (Lipinski definition) is 2. The Labute approximate surface area is 133 Å². The lowest BCUT2D eigenvalue weighted by Crippen LogP contribution is -2.42. The number of aliphatic carboxylic acids is 1. The number of rotatable bonds is 5. The van der Waals surface area contributed by atoms with Crippen LogP contribution in [-0.2, 0) is 19.6 Å². The van der Waals surface area contributed by atoms with Gasteiger partial charge in [-0.15, -0.1) is 0 Å². The Kier molecular flexibility index (Phi) is 4.69. The lowest BCUT2D eigenvalue weighted by Gasteiger charge is -2.24. The number of sulfonamides is 1. The van der Waals surface area contributed by atoms with Crippen LogP contribution in [0.2, 0.25) is 0 Å². The SMILES string of the molecule is CC(C)N(CC(=O)O)C(=O)CN=C1NS(=O)(=O)c2ccccc21. The molecule has 0 saturated carbocycles. The van der Waals surface area contributed by atoms with Crippen LogP contribution < -0.4 is 4.72 Å². The number of aliphatic imine (C=N–C) groups is 1. The van der Waals surface area contributed by atoms with E-state index >= 15 is 0 Å². The summed E-state index contributed by atoms with van der Waals surface area (Å²) >= 11 is 0. The van der Waals surface area contributed by atoms with Gasteiger partial charge in [-0.25, -0.2) is 8.42 Å². The third-order valence-corrected chi connectivity index (χ3v) is 4.68. The molecule has 23 heavy (non-hydrogen) atoms. The van der Waals surface area contributed by atoms with Crippen LogP contribution in [0.5, 0.6) is 0 Å². The van der Waals surface area contributed by atoms with E-state index in [1.807, 2.05) is 0 Å². The van der Waals surface area contributed by atoms with Gasteiger partial charge in [-0.05, 0) is 26.0 Å². The maximum atomic E-state index is 12.1. The zero-order valence-electron chi connectivity index (χ0n) is 12.7. The highest BCUT2D eigenvalue weighted by Gasteiger charge is 2.30. The smallest absolute Gasteiger partial charge is 0.323 e. The molecule has 0 aliphatic carbocycles. The normalized spacial score (nSPS) is 16.9.